The molecule has 34 heavy (non-hydrogen) atoms. The van der Waals surface area contributed by atoms with Crippen molar-refractivity contribution < 1.29 is 15.3 Å². The summed E-state index contributed by atoms with van der Waals surface area (Å²) in [5.41, 5.74) is 2.43. The Morgan fingerprint density at radius 3 is 2.47 bits per heavy atom. The molecule has 2 aromatic carbocycles. The van der Waals surface area contributed by atoms with Gasteiger partial charge in [0.15, 0.2) is 0 Å². The zero-order chi connectivity index (χ0) is 23.7. The Bertz CT molecular complexity index is 1260. The van der Waals surface area contributed by atoms with E-state index in [1.54, 1.807) is 0 Å². The zero-order valence-electron chi connectivity index (χ0n) is 18.1. The molecule has 0 radical (unpaired) electrons. The van der Waals surface area contributed by atoms with E-state index in [1.807, 2.05) is 54.6 Å². The smallest absolute Gasteiger partial charge is 0.226 e. The molecule has 4 aromatic rings. The fourth-order valence-electron chi connectivity index (χ4n) is 4.19. The highest BCUT2D eigenvalue weighted by atomic mass is 35.5. The van der Waals surface area contributed by atoms with Crippen LogP contribution in [-0.2, 0) is 6.54 Å². The number of halogens is 1. The van der Waals surface area contributed by atoms with E-state index in [0.29, 0.717) is 35.3 Å². The fourth-order valence-corrected chi connectivity index (χ4v) is 5.51. The lowest BCUT2D eigenvalue weighted by Gasteiger charge is -2.21. The summed E-state index contributed by atoms with van der Waals surface area (Å²) in [5, 5.41) is 37.7. The zero-order valence-corrected chi connectivity index (χ0v) is 19.7. The number of nitrogens with one attached hydrogen (secondary N) is 2. The number of anilines is 2. The third-order valence-corrected chi connectivity index (χ3v) is 7.35. The second-order valence-electron chi connectivity index (χ2n) is 8.30. The van der Waals surface area contributed by atoms with Crippen LogP contribution in [0.4, 0.5) is 11.8 Å². The molecule has 0 saturated heterocycles. The molecule has 2 aromatic heterocycles. The summed E-state index contributed by atoms with van der Waals surface area (Å²) in [5.74, 6) is 0.309. The maximum atomic E-state index is 10.6. The molecule has 1 fully saturated rings. The molecule has 8 nitrogen and oxygen atoms in total. The molecule has 5 N–H and O–H groups in total. The molecular weight excluding hydrogens is 474 g/mol. The molecule has 4 atom stereocenters. The van der Waals surface area contributed by atoms with Gasteiger partial charge in [0.2, 0.25) is 5.95 Å². The molecular formula is C24H24ClN5O3S. The van der Waals surface area contributed by atoms with Gasteiger partial charge in [-0.1, -0.05) is 54.1 Å². The average Bonchev–Trinajstić information content (AvgIpc) is 3.39. The topological polar surface area (TPSA) is 123 Å². The van der Waals surface area contributed by atoms with Gasteiger partial charge in [0.25, 0.3) is 0 Å². The van der Waals surface area contributed by atoms with Crippen LogP contribution < -0.4 is 10.6 Å². The van der Waals surface area contributed by atoms with Gasteiger partial charge in [0, 0.05) is 19.1 Å². The maximum absolute atomic E-state index is 10.6. The maximum Gasteiger partial charge on any atom is 0.226 e. The molecule has 0 aliphatic heterocycles. The number of thiazole rings is 1. The summed E-state index contributed by atoms with van der Waals surface area (Å²) in [6.45, 7) is 0.296. The number of aliphatic hydroxyl groups is 3. The first-order valence-electron chi connectivity index (χ1n) is 11.0. The Kier molecular flexibility index (Phi) is 6.62. The van der Waals surface area contributed by atoms with Crippen molar-refractivity contribution in [2.45, 2.75) is 31.2 Å². The standard InChI is InChI=1S/C24H24ClN5O3S/c25-21-18(23-28-15-8-4-5-9-17(15)34-23)22(27-16-10-14(12-31)19(32)20(16)33)30-24(29-21)26-11-13-6-2-1-3-7-13/h1-9,14,16,19-20,31-33H,10-12H2,(H2,26,27,29,30). The van der Waals surface area contributed by atoms with E-state index < -0.39 is 24.2 Å². The molecule has 2 heterocycles. The van der Waals surface area contributed by atoms with Crippen LogP contribution in [0.5, 0.6) is 0 Å². The van der Waals surface area contributed by atoms with Crippen LogP contribution in [0.1, 0.15) is 12.0 Å². The van der Waals surface area contributed by atoms with Crippen molar-refractivity contribution >= 4 is 44.9 Å². The van der Waals surface area contributed by atoms with E-state index in [-0.39, 0.29) is 11.8 Å². The number of nitrogens with zero attached hydrogens (tertiary/aromatic N) is 3. The highest BCUT2D eigenvalue weighted by Crippen LogP contribution is 2.40. The number of hydrogen-bond donors (Lipinski definition) is 5. The van der Waals surface area contributed by atoms with Crippen molar-refractivity contribution in [3.05, 3.63) is 65.3 Å². The van der Waals surface area contributed by atoms with E-state index in [0.717, 1.165) is 15.8 Å². The van der Waals surface area contributed by atoms with E-state index >= 15 is 0 Å². The first-order valence-corrected chi connectivity index (χ1v) is 12.2. The number of rotatable bonds is 7. The van der Waals surface area contributed by atoms with Crippen molar-refractivity contribution in [3.63, 3.8) is 0 Å². The molecule has 0 bridgehead atoms. The Morgan fingerprint density at radius 1 is 0.971 bits per heavy atom. The highest BCUT2D eigenvalue weighted by molar-refractivity contribution is 7.21. The number of aromatic nitrogens is 3. The second kappa shape index (κ2) is 9.81. The van der Waals surface area contributed by atoms with Crippen LogP contribution in [0.3, 0.4) is 0 Å². The van der Waals surface area contributed by atoms with Gasteiger partial charge in [-0.3, -0.25) is 0 Å². The predicted octanol–water partition coefficient (Wildman–Crippen LogP) is 3.53. The van der Waals surface area contributed by atoms with Gasteiger partial charge in [-0.2, -0.15) is 4.98 Å². The molecule has 5 rings (SSSR count). The summed E-state index contributed by atoms with van der Waals surface area (Å²) in [6.07, 6.45) is -1.71. The summed E-state index contributed by atoms with van der Waals surface area (Å²) in [6, 6.07) is 17.1. The lowest BCUT2D eigenvalue weighted by Crippen LogP contribution is -2.35. The number of benzene rings is 2. The molecule has 0 spiro atoms. The molecule has 1 aliphatic carbocycles. The number of para-hydroxylation sites is 1. The number of aliphatic hydroxyl groups excluding tert-OH is 3. The lowest BCUT2D eigenvalue weighted by atomic mass is 10.1. The Hall–Kier alpha value is -2.82. The Balaban J connectivity index is 1.51. The molecule has 1 aliphatic rings. The van der Waals surface area contributed by atoms with Gasteiger partial charge in [0.05, 0.1) is 27.9 Å². The molecule has 10 heteroatoms. The summed E-state index contributed by atoms with van der Waals surface area (Å²) < 4.78 is 1.00. The van der Waals surface area contributed by atoms with E-state index in [2.05, 4.69) is 20.6 Å². The molecule has 4 unspecified atom stereocenters. The van der Waals surface area contributed by atoms with Crippen molar-refractivity contribution in [2.24, 2.45) is 5.92 Å². The first-order chi connectivity index (χ1) is 16.5. The molecule has 176 valence electrons. The number of hydrogen-bond acceptors (Lipinski definition) is 9. The van der Waals surface area contributed by atoms with Crippen LogP contribution in [0, 0.1) is 5.92 Å². The normalized spacial score (nSPS) is 22.2. The SMILES string of the molecule is OCC1CC(Nc2nc(NCc3ccccc3)nc(Cl)c2-c2nc3ccccc3s2)C(O)C1O. The molecule has 0 amide bonds. The van der Waals surface area contributed by atoms with Gasteiger partial charge in [-0.05, 0) is 24.1 Å². The summed E-state index contributed by atoms with van der Waals surface area (Å²) >= 11 is 8.14. The van der Waals surface area contributed by atoms with E-state index in [9.17, 15) is 15.3 Å². The highest BCUT2D eigenvalue weighted by Gasteiger charge is 2.41. The van der Waals surface area contributed by atoms with Gasteiger partial charge < -0.3 is 26.0 Å². The number of fused-ring (bicyclic) bond motifs is 1. The van der Waals surface area contributed by atoms with E-state index in [4.69, 9.17) is 16.6 Å². The van der Waals surface area contributed by atoms with Crippen molar-refractivity contribution in [2.75, 3.05) is 17.2 Å². The van der Waals surface area contributed by atoms with E-state index in [1.165, 1.54) is 11.3 Å². The molecule has 1 saturated carbocycles. The minimum absolute atomic E-state index is 0.213. The van der Waals surface area contributed by atoms with Crippen LogP contribution >= 0.6 is 22.9 Å². The minimum Gasteiger partial charge on any atom is -0.396 e. The fraction of sp³-hybridized carbons (Fsp3) is 0.292. The van der Waals surface area contributed by atoms with Gasteiger partial charge in [-0.25, -0.2) is 9.97 Å². The Labute approximate surface area is 205 Å². The van der Waals surface area contributed by atoms with Crippen molar-refractivity contribution in [1.29, 1.82) is 0 Å². The van der Waals surface area contributed by atoms with Crippen molar-refractivity contribution in [1.82, 2.24) is 15.0 Å². The lowest BCUT2D eigenvalue weighted by molar-refractivity contribution is 0.00446. The Morgan fingerprint density at radius 2 is 1.74 bits per heavy atom. The minimum atomic E-state index is -1.06. The largest absolute Gasteiger partial charge is 0.396 e. The van der Waals surface area contributed by atoms with Gasteiger partial charge >= 0.3 is 0 Å². The summed E-state index contributed by atoms with van der Waals surface area (Å²) in [7, 11) is 0. The van der Waals surface area contributed by atoms with Crippen molar-refractivity contribution in [3.8, 4) is 10.6 Å². The third kappa shape index (κ3) is 4.57. The summed E-state index contributed by atoms with van der Waals surface area (Å²) in [4.78, 5) is 13.8. The van der Waals surface area contributed by atoms with Crippen LogP contribution in [0.15, 0.2) is 54.6 Å². The second-order valence-corrected chi connectivity index (χ2v) is 9.69. The predicted molar refractivity (Wildman–Crippen MR) is 134 cm³/mol. The average molecular weight is 498 g/mol. The monoisotopic (exact) mass is 497 g/mol. The van der Waals surface area contributed by atoms with Crippen LogP contribution in [0.2, 0.25) is 5.15 Å². The third-order valence-electron chi connectivity index (χ3n) is 6.02. The van der Waals surface area contributed by atoms with Gasteiger partial charge in [0.1, 0.15) is 22.1 Å². The van der Waals surface area contributed by atoms with Gasteiger partial charge in [-0.15, -0.1) is 11.3 Å². The van der Waals surface area contributed by atoms with Crippen LogP contribution in [0.25, 0.3) is 20.8 Å². The quantitative estimate of drug-likeness (QED) is 0.246. The van der Waals surface area contributed by atoms with Crippen LogP contribution in [-0.4, -0.2) is 55.1 Å². The first kappa shape index (κ1) is 22.9.